The minimum atomic E-state index is -0.127. The summed E-state index contributed by atoms with van der Waals surface area (Å²) >= 11 is 0. The average molecular weight is 187 g/mol. The quantitative estimate of drug-likeness (QED) is 0.693. The van der Waals surface area contributed by atoms with Crippen LogP contribution < -0.4 is 5.73 Å². The Kier molecular flexibility index (Phi) is 5.57. The van der Waals surface area contributed by atoms with E-state index in [9.17, 15) is 0 Å². The van der Waals surface area contributed by atoms with Crippen molar-refractivity contribution < 1.29 is 4.74 Å². The maximum absolute atomic E-state index is 5.81. The summed E-state index contributed by atoms with van der Waals surface area (Å²) in [5, 5.41) is 0. The lowest BCUT2D eigenvalue weighted by Gasteiger charge is -2.31. The second-order valence-electron chi connectivity index (χ2n) is 4.75. The summed E-state index contributed by atoms with van der Waals surface area (Å²) in [6.45, 7) is 11.3. The van der Waals surface area contributed by atoms with Gasteiger partial charge in [0.05, 0.1) is 11.7 Å². The molecule has 2 N–H and O–H groups in total. The molecule has 2 heteroatoms. The van der Waals surface area contributed by atoms with Crippen LogP contribution in [-0.2, 0) is 4.74 Å². The number of rotatable bonds is 6. The van der Waals surface area contributed by atoms with Crippen molar-refractivity contribution >= 4 is 0 Å². The molecule has 0 heterocycles. The third kappa shape index (κ3) is 6.05. The van der Waals surface area contributed by atoms with Crippen LogP contribution in [0.4, 0.5) is 0 Å². The molecule has 0 rings (SSSR count). The zero-order valence-corrected chi connectivity index (χ0v) is 9.76. The highest BCUT2D eigenvalue weighted by atomic mass is 16.5. The van der Waals surface area contributed by atoms with Gasteiger partial charge in [0.2, 0.25) is 0 Å². The Morgan fingerprint density at radius 2 is 1.77 bits per heavy atom. The highest BCUT2D eigenvalue weighted by Crippen LogP contribution is 2.21. The normalized spacial score (nSPS) is 16.6. The van der Waals surface area contributed by atoms with Crippen molar-refractivity contribution in [1.29, 1.82) is 0 Å². The fourth-order valence-corrected chi connectivity index (χ4v) is 1.37. The number of nitrogens with two attached hydrogens (primary N) is 1. The maximum Gasteiger partial charge on any atom is 0.0779 e. The second-order valence-corrected chi connectivity index (χ2v) is 4.75. The Morgan fingerprint density at radius 3 is 2.08 bits per heavy atom. The Bertz CT molecular complexity index is 134. The fraction of sp³-hybridized carbons (Fsp3) is 1.00. The fourth-order valence-electron chi connectivity index (χ4n) is 1.37. The van der Waals surface area contributed by atoms with Gasteiger partial charge in [-0.15, -0.1) is 0 Å². The first kappa shape index (κ1) is 12.9. The van der Waals surface area contributed by atoms with Crippen LogP contribution >= 0.6 is 0 Å². The first-order chi connectivity index (χ1) is 5.89. The van der Waals surface area contributed by atoms with E-state index in [2.05, 4.69) is 34.6 Å². The molecule has 0 aliphatic carbocycles. The Labute approximate surface area is 82.8 Å². The third-order valence-electron chi connectivity index (χ3n) is 2.20. The van der Waals surface area contributed by atoms with Gasteiger partial charge in [-0.25, -0.2) is 0 Å². The van der Waals surface area contributed by atoms with Gasteiger partial charge in [0.1, 0.15) is 0 Å². The molecule has 80 valence electrons. The molecular weight excluding hydrogens is 162 g/mol. The lowest BCUT2D eigenvalue weighted by Crippen LogP contribution is -2.39. The number of ether oxygens (including phenoxy) is 1. The Morgan fingerprint density at radius 1 is 1.23 bits per heavy atom. The Balaban J connectivity index is 3.96. The molecule has 2 nitrogen and oxygen atoms in total. The van der Waals surface area contributed by atoms with Crippen LogP contribution in [0.15, 0.2) is 0 Å². The summed E-state index contributed by atoms with van der Waals surface area (Å²) in [5.41, 5.74) is 5.59. The first-order valence-electron chi connectivity index (χ1n) is 5.27. The van der Waals surface area contributed by atoms with Crippen LogP contribution in [0.1, 0.15) is 47.5 Å². The summed E-state index contributed by atoms with van der Waals surface area (Å²) in [4.78, 5) is 0. The highest BCUT2D eigenvalue weighted by Gasteiger charge is 2.24. The molecule has 0 spiro atoms. The van der Waals surface area contributed by atoms with E-state index in [0.717, 1.165) is 12.3 Å². The van der Waals surface area contributed by atoms with E-state index in [0.29, 0.717) is 6.54 Å². The van der Waals surface area contributed by atoms with E-state index in [1.54, 1.807) is 0 Å². The molecule has 0 aromatic rings. The molecule has 0 aliphatic rings. The molecule has 13 heavy (non-hydrogen) atoms. The largest absolute Gasteiger partial charge is 0.371 e. The van der Waals surface area contributed by atoms with Gasteiger partial charge in [0.25, 0.3) is 0 Å². The summed E-state index contributed by atoms with van der Waals surface area (Å²) in [6.07, 6.45) is 2.50. The predicted molar refractivity (Wildman–Crippen MR) is 57.8 cm³/mol. The van der Waals surface area contributed by atoms with Crippen LogP contribution in [0.3, 0.4) is 0 Å². The average Bonchev–Trinajstić information content (AvgIpc) is 2.00. The molecule has 1 unspecified atom stereocenters. The first-order valence-corrected chi connectivity index (χ1v) is 5.27. The molecular formula is C11H25NO. The maximum atomic E-state index is 5.81. The van der Waals surface area contributed by atoms with Gasteiger partial charge >= 0.3 is 0 Å². The van der Waals surface area contributed by atoms with Gasteiger partial charge in [-0.2, -0.15) is 0 Å². The molecule has 0 saturated heterocycles. The third-order valence-corrected chi connectivity index (χ3v) is 2.20. The highest BCUT2D eigenvalue weighted by molar-refractivity contribution is 4.77. The van der Waals surface area contributed by atoms with Crippen molar-refractivity contribution in [2.24, 2.45) is 11.7 Å². The van der Waals surface area contributed by atoms with Crippen LogP contribution in [0.2, 0.25) is 0 Å². The number of hydrogen-bond donors (Lipinski definition) is 1. The van der Waals surface area contributed by atoms with Crippen LogP contribution in [-0.4, -0.2) is 18.2 Å². The summed E-state index contributed by atoms with van der Waals surface area (Å²) in [7, 11) is 0. The molecule has 0 aromatic carbocycles. The smallest absolute Gasteiger partial charge is 0.0779 e. The second kappa shape index (κ2) is 5.61. The lowest BCUT2D eigenvalue weighted by molar-refractivity contribution is -0.0690. The Hall–Kier alpha value is -0.0800. The van der Waals surface area contributed by atoms with Crippen molar-refractivity contribution in [2.75, 3.05) is 6.54 Å². The molecule has 0 amide bonds. The molecule has 0 saturated carbocycles. The van der Waals surface area contributed by atoms with E-state index in [-0.39, 0.29) is 11.7 Å². The predicted octanol–water partition coefficient (Wildman–Crippen LogP) is 2.57. The van der Waals surface area contributed by atoms with Crippen molar-refractivity contribution in [2.45, 2.75) is 59.2 Å². The van der Waals surface area contributed by atoms with Gasteiger partial charge in [-0.05, 0) is 39.5 Å². The van der Waals surface area contributed by atoms with Crippen LogP contribution in [0.5, 0.6) is 0 Å². The minimum absolute atomic E-state index is 0.127. The lowest BCUT2D eigenvalue weighted by atomic mass is 9.95. The molecule has 0 radical (unpaired) electrons. The number of hydrogen-bond acceptors (Lipinski definition) is 2. The molecule has 0 bridgehead atoms. The molecule has 0 aliphatic heterocycles. The van der Waals surface area contributed by atoms with E-state index < -0.39 is 0 Å². The SMILES string of the molecule is CC(C)CCC(C)(CN)OC(C)C. The van der Waals surface area contributed by atoms with Gasteiger partial charge in [0, 0.05) is 6.54 Å². The zero-order chi connectivity index (χ0) is 10.5. The minimum Gasteiger partial charge on any atom is -0.371 e. The van der Waals surface area contributed by atoms with Gasteiger partial charge < -0.3 is 10.5 Å². The van der Waals surface area contributed by atoms with Crippen molar-refractivity contribution in [3.8, 4) is 0 Å². The van der Waals surface area contributed by atoms with Gasteiger partial charge in [-0.3, -0.25) is 0 Å². The van der Waals surface area contributed by atoms with Crippen molar-refractivity contribution in [3.63, 3.8) is 0 Å². The monoisotopic (exact) mass is 187 g/mol. The van der Waals surface area contributed by atoms with Crippen molar-refractivity contribution in [3.05, 3.63) is 0 Å². The summed E-state index contributed by atoms with van der Waals surface area (Å²) in [5.74, 6) is 0.724. The zero-order valence-electron chi connectivity index (χ0n) is 9.76. The van der Waals surface area contributed by atoms with E-state index in [4.69, 9.17) is 10.5 Å². The van der Waals surface area contributed by atoms with Crippen LogP contribution in [0, 0.1) is 5.92 Å². The molecule has 0 aromatic heterocycles. The van der Waals surface area contributed by atoms with Crippen LogP contribution in [0.25, 0.3) is 0 Å². The molecule has 0 fully saturated rings. The topological polar surface area (TPSA) is 35.2 Å². The summed E-state index contributed by atoms with van der Waals surface area (Å²) < 4.78 is 5.81. The van der Waals surface area contributed by atoms with Gasteiger partial charge in [-0.1, -0.05) is 13.8 Å². The van der Waals surface area contributed by atoms with Crippen molar-refractivity contribution in [1.82, 2.24) is 0 Å². The van der Waals surface area contributed by atoms with E-state index in [1.165, 1.54) is 6.42 Å². The van der Waals surface area contributed by atoms with E-state index >= 15 is 0 Å². The van der Waals surface area contributed by atoms with E-state index in [1.807, 2.05) is 0 Å². The molecule has 1 atom stereocenters. The standard InChI is InChI=1S/C11H25NO/c1-9(2)6-7-11(5,8-12)13-10(3)4/h9-10H,6-8,12H2,1-5H3. The summed E-state index contributed by atoms with van der Waals surface area (Å²) in [6, 6.07) is 0. The van der Waals surface area contributed by atoms with Gasteiger partial charge in [0.15, 0.2) is 0 Å².